The summed E-state index contributed by atoms with van der Waals surface area (Å²) in [7, 11) is 0. The Kier molecular flexibility index (Phi) is 3.68. The number of likely N-dealkylation sites (tertiary alicyclic amines) is 1. The Bertz CT molecular complexity index is 191. The van der Waals surface area contributed by atoms with Crippen LogP contribution in [0.2, 0.25) is 0 Å². The molecule has 88 valence electrons. The molecule has 0 aromatic rings. The van der Waals surface area contributed by atoms with Gasteiger partial charge < -0.3 is 10.6 Å². The Morgan fingerprint density at radius 3 is 2.33 bits per heavy atom. The predicted molar refractivity (Wildman–Crippen MR) is 64.7 cm³/mol. The van der Waals surface area contributed by atoms with Crippen molar-refractivity contribution in [3.63, 3.8) is 0 Å². The summed E-state index contributed by atoms with van der Waals surface area (Å²) in [5, 5.41) is 0. The van der Waals surface area contributed by atoms with Crippen LogP contribution < -0.4 is 5.73 Å². The summed E-state index contributed by atoms with van der Waals surface area (Å²) in [4.78, 5) is 2.63. The molecule has 15 heavy (non-hydrogen) atoms. The van der Waals surface area contributed by atoms with E-state index in [-0.39, 0.29) is 0 Å². The average molecular weight is 210 g/mol. The van der Waals surface area contributed by atoms with Crippen LogP contribution >= 0.6 is 0 Å². The van der Waals surface area contributed by atoms with Crippen LogP contribution in [-0.4, -0.2) is 30.6 Å². The van der Waals surface area contributed by atoms with Crippen molar-refractivity contribution in [1.82, 2.24) is 4.90 Å². The SMILES string of the molecule is CC1CC(C)CN(CCC(N)C2CC2)C1. The third-order valence-corrected chi connectivity index (χ3v) is 3.95. The predicted octanol–water partition coefficient (Wildman–Crippen LogP) is 2.09. The first-order chi connectivity index (χ1) is 7.15. The largest absolute Gasteiger partial charge is 0.327 e. The molecule has 0 aromatic heterocycles. The van der Waals surface area contributed by atoms with Crippen LogP contribution in [-0.2, 0) is 0 Å². The van der Waals surface area contributed by atoms with Crippen molar-refractivity contribution in [2.45, 2.75) is 45.6 Å². The van der Waals surface area contributed by atoms with Gasteiger partial charge in [0, 0.05) is 19.1 Å². The number of piperidine rings is 1. The molecular formula is C13H26N2. The maximum Gasteiger partial charge on any atom is 0.00793 e. The van der Waals surface area contributed by atoms with Crippen molar-refractivity contribution in [3.05, 3.63) is 0 Å². The molecule has 2 heteroatoms. The summed E-state index contributed by atoms with van der Waals surface area (Å²) in [5.41, 5.74) is 6.14. The molecule has 0 bridgehead atoms. The molecule has 0 aromatic carbocycles. The molecule has 0 spiro atoms. The van der Waals surface area contributed by atoms with Gasteiger partial charge in [0.05, 0.1) is 0 Å². The van der Waals surface area contributed by atoms with Gasteiger partial charge in [0.15, 0.2) is 0 Å². The summed E-state index contributed by atoms with van der Waals surface area (Å²) in [5.74, 6) is 2.63. The van der Waals surface area contributed by atoms with Crippen LogP contribution in [0.25, 0.3) is 0 Å². The summed E-state index contributed by atoms with van der Waals surface area (Å²) in [6, 6.07) is 0.484. The molecule has 2 aliphatic rings. The molecule has 1 aliphatic heterocycles. The Morgan fingerprint density at radius 2 is 1.80 bits per heavy atom. The minimum absolute atomic E-state index is 0.484. The molecule has 1 saturated heterocycles. The van der Waals surface area contributed by atoms with Gasteiger partial charge in [-0.25, -0.2) is 0 Å². The second-order valence-electron chi connectivity index (χ2n) is 6.00. The van der Waals surface area contributed by atoms with E-state index >= 15 is 0 Å². The second kappa shape index (κ2) is 4.84. The molecule has 1 heterocycles. The molecule has 3 atom stereocenters. The molecule has 2 nitrogen and oxygen atoms in total. The first kappa shape index (κ1) is 11.4. The zero-order valence-corrected chi connectivity index (χ0v) is 10.3. The molecule has 0 radical (unpaired) electrons. The maximum atomic E-state index is 6.14. The lowest BCUT2D eigenvalue weighted by atomic mass is 9.91. The standard InChI is InChI=1S/C13H26N2/c1-10-7-11(2)9-15(8-10)6-5-13(14)12-3-4-12/h10-13H,3-9,14H2,1-2H3. The Labute approximate surface area is 94.2 Å². The summed E-state index contributed by atoms with van der Waals surface area (Å²) in [6.07, 6.45) is 5.39. The zero-order valence-electron chi connectivity index (χ0n) is 10.3. The van der Waals surface area contributed by atoms with Crippen molar-refractivity contribution >= 4 is 0 Å². The van der Waals surface area contributed by atoms with Crippen molar-refractivity contribution < 1.29 is 0 Å². The lowest BCUT2D eigenvalue weighted by molar-refractivity contribution is 0.136. The van der Waals surface area contributed by atoms with Crippen LogP contribution in [0.5, 0.6) is 0 Å². The van der Waals surface area contributed by atoms with Gasteiger partial charge in [0.25, 0.3) is 0 Å². The van der Waals surface area contributed by atoms with Gasteiger partial charge in [-0.05, 0) is 50.0 Å². The normalized spacial score (nSPS) is 35.4. The first-order valence-corrected chi connectivity index (χ1v) is 6.63. The van der Waals surface area contributed by atoms with Crippen LogP contribution in [0, 0.1) is 17.8 Å². The van der Waals surface area contributed by atoms with Crippen LogP contribution in [0.1, 0.15) is 39.5 Å². The van der Waals surface area contributed by atoms with E-state index in [2.05, 4.69) is 18.7 Å². The van der Waals surface area contributed by atoms with Crippen LogP contribution in [0.4, 0.5) is 0 Å². The van der Waals surface area contributed by atoms with E-state index in [4.69, 9.17) is 5.73 Å². The van der Waals surface area contributed by atoms with Crippen molar-refractivity contribution in [2.75, 3.05) is 19.6 Å². The van der Waals surface area contributed by atoms with E-state index in [1.807, 2.05) is 0 Å². The minimum atomic E-state index is 0.484. The third kappa shape index (κ3) is 3.46. The third-order valence-electron chi connectivity index (χ3n) is 3.95. The fourth-order valence-electron chi connectivity index (χ4n) is 3.07. The van der Waals surface area contributed by atoms with Gasteiger partial charge in [-0.1, -0.05) is 13.8 Å². The maximum absolute atomic E-state index is 6.14. The lowest BCUT2D eigenvalue weighted by Gasteiger charge is -2.35. The number of rotatable bonds is 4. The van der Waals surface area contributed by atoms with E-state index in [0.717, 1.165) is 17.8 Å². The lowest BCUT2D eigenvalue weighted by Crippen LogP contribution is -2.41. The smallest absolute Gasteiger partial charge is 0.00793 e. The number of hydrogen-bond acceptors (Lipinski definition) is 2. The summed E-state index contributed by atoms with van der Waals surface area (Å²) < 4.78 is 0. The Morgan fingerprint density at radius 1 is 1.20 bits per heavy atom. The van der Waals surface area contributed by atoms with Crippen LogP contribution in [0.3, 0.4) is 0 Å². The topological polar surface area (TPSA) is 29.3 Å². The highest BCUT2D eigenvalue weighted by Gasteiger charge is 2.29. The quantitative estimate of drug-likeness (QED) is 0.770. The molecule has 2 N–H and O–H groups in total. The Balaban J connectivity index is 1.68. The molecule has 2 fully saturated rings. The Hall–Kier alpha value is -0.0800. The average Bonchev–Trinajstić information content (AvgIpc) is 2.95. The van der Waals surface area contributed by atoms with Gasteiger partial charge in [0.1, 0.15) is 0 Å². The van der Waals surface area contributed by atoms with Crippen LogP contribution in [0.15, 0.2) is 0 Å². The molecule has 2 rings (SSSR count). The minimum Gasteiger partial charge on any atom is -0.327 e. The van der Waals surface area contributed by atoms with Crippen molar-refractivity contribution in [1.29, 1.82) is 0 Å². The zero-order chi connectivity index (χ0) is 10.8. The van der Waals surface area contributed by atoms with Gasteiger partial charge in [-0.2, -0.15) is 0 Å². The number of hydrogen-bond donors (Lipinski definition) is 1. The summed E-state index contributed by atoms with van der Waals surface area (Å²) >= 11 is 0. The highest BCUT2D eigenvalue weighted by Crippen LogP contribution is 2.33. The van der Waals surface area contributed by atoms with Crippen molar-refractivity contribution in [3.8, 4) is 0 Å². The van der Waals surface area contributed by atoms with E-state index in [9.17, 15) is 0 Å². The molecule has 1 saturated carbocycles. The molecule has 1 aliphatic carbocycles. The monoisotopic (exact) mass is 210 g/mol. The highest BCUT2D eigenvalue weighted by atomic mass is 15.1. The van der Waals surface area contributed by atoms with E-state index < -0.39 is 0 Å². The van der Waals surface area contributed by atoms with E-state index in [1.165, 1.54) is 45.3 Å². The highest BCUT2D eigenvalue weighted by molar-refractivity contribution is 4.85. The van der Waals surface area contributed by atoms with Gasteiger partial charge >= 0.3 is 0 Å². The fourth-order valence-corrected chi connectivity index (χ4v) is 3.07. The molecule has 3 unspecified atom stereocenters. The van der Waals surface area contributed by atoms with Gasteiger partial charge in [-0.15, -0.1) is 0 Å². The second-order valence-corrected chi connectivity index (χ2v) is 6.00. The molecular weight excluding hydrogens is 184 g/mol. The van der Waals surface area contributed by atoms with Gasteiger partial charge in [-0.3, -0.25) is 0 Å². The van der Waals surface area contributed by atoms with E-state index in [1.54, 1.807) is 0 Å². The number of nitrogens with two attached hydrogens (primary N) is 1. The first-order valence-electron chi connectivity index (χ1n) is 6.63. The van der Waals surface area contributed by atoms with Crippen molar-refractivity contribution in [2.24, 2.45) is 23.5 Å². The number of nitrogens with zero attached hydrogens (tertiary/aromatic N) is 1. The molecule has 0 amide bonds. The van der Waals surface area contributed by atoms with Gasteiger partial charge in [0.2, 0.25) is 0 Å². The fraction of sp³-hybridized carbons (Fsp3) is 1.00. The van der Waals surface area contributed by atoms with E-state index in [0.29, 0.717) is 6.04 Å². The summed E-state index contributed by atoms with van der Waals surface area (Å²) in [6.45, 7) is 8.57.